The van der Waals surface area contributed by atoms with Crippen LogP contribution in [0.15, 0.2) is 0 Å². The summed E-state index contributed by atoms with van der Waals surface area (Å²) in [5, 5.41) is 3.57. The Balaban J connectivity index is 2.05. The number of nitrogens with one attached hydrogen (secondary N) is 1. The maximum atomic E-state index is 12.1. The van der Waals surface area contributed by atoms with Crippen molar-refractivity contribution in [2.24, 2.45) is 11.7 Å². The van der Waals surface area contributed by atoms with Crippen LogP contribution in [0.25, 0.3) is 0 Å². The first-order chi connectivity index (χ1) is 9.47. The molecule has 0 spiro atoms. The number of amides is 1. The number of rotatable bonds is 7. The van der Waals surface area contributed by atoms with E-state index in [1.807, 2.05) is 0 Å². The van der Waals surface area contributed by atoms with Crippen LogP contribution in [0.3, 0.4) is 0 Å². The van der Waals surface area contributed by atoms with Gasteiger partial charge >= 0.3 is 0 Å². The van der Waals surface area contributed by atoms with E-state index in [4.69, 9.17) is 5.73 Å². The summed E-state index contributed by atoms with van der Waals surface area (Å²) in [6, 6.07) is 1.02. The Kier molecular flexibility index (Phi) is 5.08. The van der Waals surface area contributed by atoms with Gasteiger partial charge in [-0.1, -0.05) is 20.8 Å². The maximum Gasteiger partial charge on any atom is 0.237 e. The average molecular weight is 281 g/mol. The van der Waals surface area contributed by atoms with Crippen LogP contribution < -0.4 is 11.1 Å². The molecule has 4 nitrogen and oxygen atoms in total. The molecule has 2 atom stereocenters. The van der Waals surface area contributed by atoms with E-state index >= 15 is 0 Å². The molecule has 0 aromatic heterocycles. The summed E-state index contributed by atoms with van der Waals surface area (Å²) < 4.78 is 0. The SMILES string of the molecule is CCN(CC(C)C)C1CCCC(NC2CC2)(C(N)=O)C1. The third-order valence-electron chi connectivity index (χ3n) is 4.78. The van der Waals surface area contributed by atoms with E-state index in [0.717, 1.165) is 32.4 Å². The van der Waals surface area contributed by atoms with Crippen LogP contribution in [0, 0.1) is 5.92 Å². The summed E-state index contributed by atoms with van der Waals surface area (Å²) in [6.45, 7) is 8.91. The molecule has 4 heteroatoms. The molecule has 116 valence electrons. The van der Waals surface area contributed by atoms with Crippen LogP contribution in [-0.4, -0.2) is 41.5 Å². The Labute approximate surface area is 123 Å². The highest BCUT2D eigenvalue weighted by Gasteiger charge is 2.45. The van der Waals surface area contributed by atoms with Crippen molar-refractivity contribution in [3.8, 4) is 0 Å². The molecular weight excluding hydrogens is 250 g/mol. The lowest BCUT2D eigenvalue weighted by molar-refractivity contribution is -0.127. The van der Waals surface area contributed by atoms with Gasteiger partial charge < -0.3 is 16.0 Å². The van der Waals surface area contributed by atoms with E-state index in [0.29, 0.717) is 18.0 Å². The Morgan fingerprint density at radius 2 is 2.10 bits per heavy atom. The molecule has 0 aromatic carbocycles. The summed E-state index contributed by atoms with van der Waals surface area (Å²) in [6.07, 6.45) is 6.49. The lowest BCUT2D eigenvalue weighted by Crippen LogP contribution is -2.61. The monoisotopic (exact) mass is 281 g/mol. The molecule has 2 aliphatic carbocycles. The van der Waals surface area contributed by atoms with Gasteiger partial charge in [0, 0.05) is 18.6 Å². The van der Waals surface area contributed by atoms with Crippen molar-refractivity contribution in [1.82, 2.24) is 10.2 Å². The summed E-state index contributed by atoms with van der Waals surface area (Å²) in [5.74, 6) is 0.519. The Hall–Kier alpha value is -0.610. The number of carbonyl (C=O) groups excluding carboxylic acids is 1. The molecule has 2 rings (SSSR count). The van der Waals surface area contributed by atoms with Gasteiger partial charge in [-0.3, -0.25) is 4.79 Å². The minimum Gasteiger partial charge on any atom is -0.368 e. The molecule has 2 fully saturated rings. The summed E-state index contributed by atoms with van der Waals surface area (Å²) in [7, 11) is 0. The molecule has 0 aliphatic heterocycles. The number of primary amides is 1. The highest BCUT2D eigenvalue weighted by Crippen LogP contribution is 2.34. The summed E-state index contributed by atoms with van der Waals surface area (Å²) in [5.41, 5.74) is 5.31. The second-order valence-electron chi connectivity index (χ2n) is 7.10. The fourth-order valence-corrected chi connectivity index (χ4v) is 3.61. The molecule has 0 aromatic rings. The molecule has 0 saturated heterocycles. The number of nitrogens with zero attached hydrogens (tertiary/aromatic N) is 1. The quantitative estimate of drug-likeness (QED) is 0.749. The van der Waals surface area contributed by atoms with E-state index in [1.54, 1.807) is 0 Å². The van der Waals surface area contributed by atoms with Crippen LogP contribution >= 0.6 is 0 Å². The minimum atomic E-state index is -0.450. The van der Waals surface area contributed by atoms with Crippen molar-refractivity contribution in [2.75, 3.05) is 13.1 Å². The Morgan fingerprint density at radius 3 is 2.60 bits per heavy atom. The van der Waals surface area contributed by atoms with Crippen molar-refractivity contribution in [1.29, 1.82) is 0 Å². The second kappa shape index (κ2) is 6.44. The molecule has 3 N–H and O–H groups in total. The van der Waals surface area contributed by atoms with E-state index < -0.39 is 5.54 Å². The lowest BCUT2D eigenvalue weighted by atomic mass is 9.77. The molecule has 0 bridgehead atoms. The number of carbonyl (C=O) groups is 1. The van der Waals surface area contributed by atoms with Gasteiger partial charge in [-0.25, -0.2) is 0 Å². The predicted molar refractivity (Wildman–Crippen MR) is 82.4 cm³/mol. The third kappa shape index (κ3) is 3.73. The first-order valence-electron chi connectivity index (χ1n) is 8.28. The van der Waals surface area contributed by atoms with Crippen molar-refractivity contribution in [3.63, 3.8) is 0 Å². The zero-order chi connectivity index (χ0) is 14.8. The van der Waals surface area contributed by atoms with Crippen LogP contribution in [0.2, 0.25) is 0 Å². The van der Waals surface area contributed by atoms with Crippen LogP contribution in [0.5, 0.6) is 0 Å². The molecule has 20 heavy (non-hydrogen) atoms. The minimum absolute atomic E-state index is 0.144. The Bertz CT molecular complexity index is 341. The molecule has 2 aliphatic rings. The third-order valence-corrected chi connectivity index (χ3v) is 4.78. The molecule has 0 heterocycles. The standard InChI is InChI=1S/C16H31N3O/c1-4-19(11-12(2)3)14-6-5-9-16(10-14,15(17)20)18-13-7-8-13/h12-14,18H,4-11H2,1-3H3,(H2,17,20). The van der Waals surface area contributed by atoms with Crippen molar-refractivity contribution >= 4 is 5.91 Å². The first kappa shape index (κ1) is 15.8. The highest BCUT2D eigenvalue weighted by molar-refractivity contribution is 5.85. The average Bonchev–Trinajstić information content (AvgIpc) is 3.19. The van der Waals surface area contributed by atoms with E-state index in [2.05, 4.69) is 31.0 Å². The van der Waals surface area contributed by atoms with E-state index in [9.17, 15) is 4.79 Å². The van der Waals surface area contributed by atoms with Gasteiger partial charge in [0.1, 0.15) is 0 Å². The topological polar surface area (TPSA) is 58.4 Å². The van der Waals surface area contributed by atoms with E-state index in [1.165, 1.54) is 19.3 Å². The van der Waals surface area contributed by atoms with Crippen LogP contribution in [0.4, 0.5) is 0 Å². The highest BCUT2D eigenvalue weighted by atomic mass is 16.1. The van der Waals surface area contributed by atoms with Crippen LogP contribution in [0.1, 0.15) is 59.3 Å². The van der Waals surface area contributed by atoms with Gasteiger partial charge in [-0.2, -0.15) is 0 Å². The van der Waals surface area contributed by atoms with Crippen molar-refractivity contribution < 1.29 is 4.79 Å². The zero-order valence-electron chi connectivity index (χ0n) is 13.3. The van der Waals surface area contributed by atoms with Gasteiger partial charge in [0.25, 0.3) is 0 Å². The van der Waals surface area contributed by atoms with Crippen molar-refractivity contribution in [2.45, 2.75) is 76.9 Å². The molecule has 2 unspecified atom stereocenters. The Morgan fingerprint density at radius 1 is 1.40 bits per heavy atom. The fourth-order valence-electron chi connectivity index (χ4n) is 3.61. The van der Waals surface area contributed by atoms with Gasteiger partial charge in [-0.15, -0.1) is 0 Å². The number of nitrogens with two attached hydrogens (primary N) is 1. The molecule has 0 radical (unpaired) electrons. The van der Waals surface area contributed by atoms with Crippen LogP contribution in [-0.2, 0) is 4.79 Å². The predicted octanol–water partition coefficient (Wildman–Crippen LogP) is 1.88. The van der Waals surface area contributed by atoms with Gasteiger partial charge in [-0.05, 0) is 51.0 Å². The maximum absolute atomic E-state index is 12.1. The van der Waals surface area contributed by atoms with E-state index in [-0.39, 0.29) is 5.91 Å². The summed E-state index contributed by atoms with van der Waals surface area (Å²) >= 11 is 0. The molecule has 1 amide bonds. The van der Waals surface area contributed by atoms with Gasteiger partial charge in [0.05, 0.1) is 5.54 Å². The van der Waals surface area contributed by atoms with Crippen molar-refractivity contribution in [3.05, 3.63) is 0 Å². The second-order valence-corrected chi connectivity index (χ2v) is 7.10. The summed E-state index contributed by atoms with van der Waals surface area (Å²) in [4.78, 5) is 14.6. The molecule has 2 saturated carbocycles. The number of hydrogen-bond donors (Lipinski definition) is 2. The zero-order valence-corrected chi connectivity index (χ0v) is 13.3. The van der Waals surface area contributed by atoms with Gasteiger partial charge in [0.15, 0.2) is 0 Å². The smallest absolute Gasteiger partial charge is 0.237 e. The normalized spacial score (nSPS) is 30.9. The fraction of sp³-hybridized carbons (Fsp3) is 0.938. The number of hydrogen-bond acceptors (Lipinski definition) is 3. The largest absolute Gasteiger partial charge is 0.368 e. The lowest BCUT2D eigenvalue weighted by Gasteiger charge is -2.44. The molecular formula is C16H31N3O. The van der Waals surface area contributed by atoms with Gasteiger partial charge in [0.2, 0.25) is 5.91 Å². The first-order valence-corrected chi connectivity index (χ1v) is 8.28.